The number of benzene rings is 4. The molecule has 4 rings (SSSR count). The second kappa shape index (κ2) is 9.86. The summed E-state index contributed by atoms with van der Waals surface area (Å²) in [6.45, 7) is 4.14. The normalized spacial score (nSPS) is 10.4. The first-order valence-electron chi connectivity index (χ1n) is 9.98. The Morgan fingerprint density at radius 3 is 1.19 bits per heavy atom. The van der Waals surface area contributed by atoms with E-state index < -0.39 is 0 Å². The van der Waals surface area contributed by atoms with Gasteiger partial charge in [-0.1, -0.05) is 47.5 Å². The van der Waals surface area contributed by atoms with Crippen LogP contribution in [0.25, 0.3) is 22.3 Å². The Labute approximate surface area is 198 Å². The Hall–Kier alpha value is -3.34. The van der Waals surface area contributed by atoms with Crippen molar-refractivity contribution in [3.8, 4) is 22.3 Å². The van der Waals surface area contributed by atoms with Gasteiger partial charge in [0.05, 0.1) is 21.4 Å². The predicted molar refractivity (Wildman–Crippen MR) is 141 cm³/mol. The van der Waals surface area contributed by atoms with Gasteiger partial charge in [-0.25, -0.2) is 0 Å². The molecule has 0 aromatic heterocycles. The lowest BCUT2D eigenvalue weighted by atomic mass is 9.96. The van der Waals surface area contributed by atoms with Gasteiger partial charge in [-0.3, -0.25) is 0 Å². The maximum absolute atomic E-state index is 5.95. The molecule has 0 saturated heterocycles. The zero-order valence-corrected chi connectivity index (χ0v) is 19.5. The van der Waals surface area contributed by atoms with Gasteiger partial charge in [-0.05, 0) is 95.8 Å². The van der Waals surface area contributed by atoms with Crippen LogP contribution in [0.1, 0.15) is 11.1 Å². The van der Waals surface area contributed by atoms with Crippen molar-refractivity contribution in [1.82, 2.24) is 0 Å². The minimum atomic E-state index is 0.533. The van der Waals surface area contributed by atoms with E-state index >= 15 is 0 Å². The number of anilines is 4. The zero-order valence-electron chi connectivity index (χ0n) is 18.0. The maximum Gasteiger partial charge on any atom is 0.0641 e. The van der Waals surface area contributed by atoms with E-state index in [1.807, 2.05) is 36.4 Å². The third-order valence-corrected chi connectivity index (χ3v) is 5.78. The highest BCUT2D eigenvalue weighted by Gasteiger charge is 2.06. The van der Waals surface area contributed by atoms with E-state index in [9.17, 15) is 0 Å². The van der Waals surface area contributed by atoms with E-state index in [1.54, 1.807) is 24.3 Å². The second-order valence-corrected chi connectivity index (χ2v) is 8.44. The average Bonchev–Trinajstić information content (AvgIpc) is 2.73. The van der Waals surface area contributed by atoms with Gasteiger partial charge >= 0.3 is 0 Å². The first-order chi connectivity index (χ1) is 15.2. The van der Waals surface area contributed by atoms with Crippen LogP contribution in [-0.4, -0.2) is 0 Å². The standard InChI is InChI=1S/C14H16N2.C12H10Cl2N2/c1-9-7-11(15)3-5-13(9)14-6-4-12(16)8-10(14)2;13-9-5-7(1-3-11(9)15)8-2-4-12(16)10(14)6-8/h3-8H,15-16H2,1-2H3;1-6H,15-16H2. The molecule has 0 fully saturated rings. The van der Waals surface area contributed by atoms with Crippen LogP contribution in [-0.2, 0) is 0 Å². The molecule has 8 N–H and O–H groups in total. The maximum atomic E-state index is 5.95. The monoisotopic (exact) mass is 464 g/mol. The molecule has 0 radical (unpaired) electrons. The van der Waals surface area contributed by atoms with Gasteiger partial charge in [0.25, 0.3) is 0 Å². The number of aryl methyl sites for hydroxylation is 2. The molecule has 0 unspecified atom stereocenters. The highest BCUT2D eigenvalue weighted by molar-refractivity contribution is 6.34. The van der Waals surface area contributed by atoms with Crippen molar-refractivity contribution in [2.45, 2.75) is 13.8 Å². The van der Waals surface area contributed by atoms with Crippen LogP contribution >= 0.6 is 23.2 Å². The van der Waals surface area contributed by atoms with Gasteiger partial charge in [0, 0.05) is 11.4 Å². The Balaban J connectivity index is 0.000000181. The minimum Gasteiger partial charge on any atom is -0.399 e. The van der Waals surface area contributed by atoms with Crippen molar-refractivity contribution < 1.29 is 0 Å². The van der Waals surface area contributed by atoms with Crippen molar-refractivity contribution in [1.29, 1.82) is 0 Å². The molecule has 32 heavy (non-hydrogen) atoms. The first-order valence-corrected chi connectivity index (χ1v) is 10.7. The number of halogens is 2. The lowest BCUT2D eigenvalue weighted by Gasteiger charge is -2.10. The van der Waals surface area contributed by atoms with Crippen molar-refractivity contribution in [2.75, 3.05) is 22.9 Å². The Bertz CT molecular complexity index is 1170. The lowest BCUT2D eigenvalue weighted by Crippen LogP contribution is -1.92. The van der Waals surface area contributed by atoms with E-state index in [-0.39, 0.29) is 0 Å². The molecule has 4 nitrogen and oxygen atoms in total. The molecule has 4 aromatic carbocycles. The van der Waals surface area contributed by atoms with Gasteiger partial charge in [0.15, 0.2) is 0 Å². The van der Waals surface area contributed by atoms with Crippen LogP contribution in [0.3, 0.4) is 0 Å². The lowest BCUT2D eigenvalue weighted by molar-refractivity contribution is 1.41. The fraction of sp³-hybridized carbons (Fsp3) is 0.0769. The summed E-state index contributed by atoms with van der Waals surface area (Å²) in [6.07, 6.45) is 0. The SMILES string of the molecule is Cc1cc(N)ccc1-c1ccc(N)cc1C.Nc1ccc(-c2ccc(N)c(Cl)c2)cc1Cl. The molecule has 0 aliphatic carbocycles. The van der Waals surface area contributed by atoms with Crippen molar-refractivity contribution in [3.05, 3.63) is 94.0 Å². The first kappa shape index (κ1) is 23.3. The minimum absolute atomic E-state index is 0.533. The van der Waals surface area contributed by atoms with Gasteiger partial charge in [-0.15, -0.1) is 0 Å². The molecular weight excluding hydrogens is 439 g/mol. The van der Waals surface area contributed by atoms with Crippen LogP contribution < -0.4 is 22.9 Å². The summed E-state index contributed by atoms with van der Waals surface area (Å²) in [6, 6.07) is 22.9. The van der Waals surface area contributed by atoms with Gasteiger partial charge in [0.2, 0.25) is 0 Å². The fourth-order valence-electron chi connectivity index (χ4n) is 3.39. The molecule has 0 heterocycles. The van der Waals surface area contributed by atoms with Crippen LogP contribution in [0.5, 0.6) is 0 Å². The summed E-state index contributed by atoms with van der Waals surface area (Å²) < 4.78 is 0. The zero-order chi connectivity index (χ0) is 23.4. The number of hydrogen-bond donors (Lipinski definition) is 4. The molecule has 164 valence electrons. The highest BCUT2D eigenvalue weighted by Crippen LogP contribution is 2.31. The van der Waals surface area contributed by atoms with E-state index in [2.05, 4.69) is 26.0 Å². The molecule has 0 aliphatic heterocycles. The number of nitrogens with two attached hydrogens (primary N) is 4. The van der Waals surface area contributed by atoms with Crippen LogP contribution in [0, 0.1) is 13.8 Å². The summed E-state index contributed by atoms with van der Waals surface area (Å²) in [4.78, 5) is 0. The molecule has 0 saturated carbocycles. The number of rotatable bonds is 2. The highest BCUT2D eigenvalue weighted by atomic mass is 35.5. The Morgan fingerprint density at radius 1 is 0.500 bits per heavy atom. The molecule has 4 aromatic rings. The third-order valence-electron chi connectivity index (χ3n) is 5.13. The summed E-state index contributed by atoms with van der Waals surface area (Å²) >= 11 is 11.9. The average molecular weight is 465 g/mol. The van der Waals surface area contributed by atoms with Gasteiger partial charge in [0.1, 0.15) is 0 Å². The van der Waals surface area contributed by atoms with E-state index in [0.29, 0.717) is 21.4 Å². The van der Waals surface area contributed by atoms with E-state index in [0.717, 1.165) is 22.5 Å². The number of nitrogen functional groups attached to an aromatic ring is 4. The fourth-order valence-corrected chi connectivity index (χ4v) is 3.75. The Morgan fingerprint density at radius 2 is 0.875 bits per heavy atom. The van der Waals surface area contributed by atoms with E-state index in [1.165, 1.54) is 22.3 Å². The number of hydrogen-bond acceptors (Lipinski definition) is 4. The van der Waals surface area contributed by atoms with E-state index in [4.69, 9.17) is 46.1 Å². The van der Waals surface area contributed by atoms with Crippen molar-refractivity contribution in [3.63, 3.8) is 0 Å². The van der Waals surface area contributed by atoms with Crippen molar-refractivity contribution >= 4 is 46.0 Å². The van der Waals surface area contributed by atoms with Crippen LogP contribution in [0.4, 0.5) is 22.7 Å². The van der Waals surface area contributed by atoms with Gasteiger partial charge in [-0.2, -0.15) is 0 Å². The smallest absolute Gasteiger partial charge is 0.0641 e. The molecule has 0 aliphatic rings. The predicted octanol–water partition coefficient (Wildman–Crippen LogP) is 6.96. The second-order valence-electron chi connectivity index (χ2n) is 7.62. The van der Waals surface area contributed by atoms with Crippen LogP contribution in [0.15, 0.2) is 72.8 Å². The molecule has 0 amide bonds. The molecule has 0 atom stereocenters. The summed E-state index contributed by atoms with van der Waals surface area (Å²) in [5, 5.41) is 1.07. The molecule has 0 spiro atoms. The van der Waals surface area contributed by atoms with Crippen LogP contribution in [0.2, 0.25) is 10.0 Å². The largest absolute Gasteiger partial charge is 0.399 e. The quantitative estimate of drug-likeness (QED) is 0.240. The molecule has 0 bridgehead atoms. The Kier molecular flexibility index (Phi) is 7.18. The van der Waals surface area contributed by atoms with Gasteiger partial charge < -0.3 is 22.9 Å². The summed E-state index contributed by atoms with van der Waals surface area (Å²) in [7, 11) is 0. The molecule has 6 heteroatoms. The van der Waals surface area contributed by atoms with Crippen molar-refractivity contribution in [2.24, 2.45) is 0 Å². The third kappa shape index (κ3) is 5.47. The molecular formula is C26H26Cl2N4. The topological polar surface area (TPSA) is 104 Å². The summed E-state index contributed by atoms with van der Waals surface area (Å²) in [5.74, 6) is 0. The summed E-state index contributed by atoms with van der Waals surface area (Å²) in [5.41, 5.74) is 32.2.